The molecule has 0 radical (unpaired) electrons. The molecule has 2 rings (SSSR count). The molecule has 1 heterocycles. The Labute approximate surface area is 119 Å². The molecule has 1 aromatic heterocycles. The summed E-state index contributed by atoms with van der Waals surface area (Å²) < 4.78 is 75.4. The van der Waals surface area contributed by atoms with Crippen molar-refractivity contribution in [2.75, 3.05) is 5.32 Å². The topological polar surface area (TPSA) is 57.8 Å². The van der Waals surface area contributed by atoms with Crippen LogP contribution in [0.4, 0.5) is 32.0 Å². The molecular formula is C12H7F6N3O. The molecule has 0 atom stereocenters. The number of hydrogen-bond donors (Lipinski definition) is 2. The van der Waals surface area contributed by atoms with Gasteiger partial charge in [0.25, 0.3) is 5.91 Å². The standard InChI is InChI=1S/C12H7F6N3O/c13-11(14,15)6-2-1-3-7(4-6)20-10(22)8-5-19-21-9(8)12(16,17)18/h1-5H,(H,19,21)(H,20,22). The van der Waals surface area contributed by atoms with Crippen LogP contribution in [0.5, 0.6) is 0 Å². The molecule has 0 aliphatic carbocycles. The summed E-state index contributed by atoms with van der Waals surface area (Å²) in [7, 11) is 0. The number of aromatic amines is 1. The van der Waals surface area contributed by atoms with Gasteiger partial charge in [-0.25, -0.2) is 0 Å². The highest BCUT2D eigenvalue weighted by molar-refractivity contribution is 6.05. The van der Waals surface area contributed by atoms with Gasteiger partial charge in [-0.05, 0) is 18.2 Å². The summed E-state index contributed by atoms with van der Waals surface area (Å²) in [6, 6.07) is 3.54. The van der Waals surface area contributed by atoms with Crippen molar-refractivity contribution < 1.29 is 31.1 Å². The minimum absolute atomic E-state index is 0.283. The van der Waals surface area contributed by atoms with Gasteiger partial charge in [0.2, 0.25) is 0 Å². The predicted octanol–water partition coefficient (Wildman–Crippen LogP) is 3.70. The highest BCUT2D eigenvalue weighted by Gasteiger charge is 2.37. The van der Waals surface area contributed by atoms with Gasteiger partial charge in [-0.3, -0.25) is 9.89 Å². The lowest BCUT2D eigenvalue weighted by molar-refractivity contribution is -0.141. The lowest BCUT2D eigenvalue weighted by Gasteiger charge is -2.10. The second kappa shape index (κ2) is 5.35. The molecule has 0 aliphatic heterocycles. The molecule has 0 bridgehead atoms. The number of halogens is 6. The number of anilines is 1. The lowest BCUT2D eigenvalue weighted by atomic mass is 10.1. The average Bonchev–Trinajstić information content (AvgIpc) is 2.87. The molecule has 0 spiro atoms. The van der Waals surface area contributed by atoms with E-state index in [1.54, 1.807) is 5.10 Å². The molecule has 0 unspecified atom stereocenters. The van der Waals surface area contributed by atoms with Gasteiger partial charge in [-0.2, -0.15) is 31.4 Å². The van der Waals surface area contributed by atoms with Crippen molar-refractivity contribution >= 4 is 11.6 Å². The van der Waals surface area contributed by atoms with Crippen LogP contribution in [0.1, 0.15) is 21.6 Å². The predicted molar refractivity (Wildman–Crippen MR) is 63.0 cm³/mol. The van der Waals surface area contributed by atoms with E-state index in [0.717, 1.165) is 18.2 Å². The maximum absolute atomic E-state index is 12.6. The van der Waals surface area contributed by atoms with E-state index in [4.69, 9.17) is 0 Å². The third kappa shape index (κ3) is 3.38. The number of aromatic nitrogens is 2. The van der Waals surface area contributed by atoms with Crippen LogP contribution in [-0.4, -0.2) is 16.1 Å². The van der Waals surface area contributed by atoms with E-state index in [2.05, 4.69) is 5.10 Å². The summed E-state index contributed by atoms with van der Waals surface area (Å²) in [6.07, 6.45) is -8.82. The van der Waals surface area contributed by atoms with Crippen molar-refractivity contribution in [2.45, 2.75) is 12.4 Å². The molecule has 0 saturated carbocycles. The van der Waals surface area contributed by atoms with Gasteiger partial charge in [0, 0.05) is 5.69 Å². The van der Waals surface area contributed by atoms with Crippen molar-refractivity contribution in [2.24, 2.45) is 0 Å². The van der Waals surface area contributed by atoms with Gasteiger partial charge in [-0.1, -0.05) is 6.07 Å². The Kier molecular flexibility index (Phi) is 3.86. The number of alkyl halides is 6. The average molecular weight is 323 g/mol. The molecule has 10 heteroatoms. The van der Waals surface area contributed by atoms with E-state index in [-0.39, 0.29) is 5.69 Å². The van der Waals surface area contributed by atoms with Gasteiger partial charge in [0.05, 0.1) is 17.3 Å². The largest absolute Gasteiger partial charge is 0.433 e. The zero-order chi connectivity index (χ0) is 16.5. The van der Waals surface area contributed by atoms with Crippen molar-refractivity contribution in [1.29, 1.82) is 0 Å². The Morgan fingerprint density at radius 3 is 2.36 bits per heavy atom. The minimum atomic E-state index is -4.84. The van der Waals surface area contributed by atoms with E-state index in [0.29, 0.717) is 12.3 Å². The summed E-state index contributed by atoms with van der Waals surface area (Å²) in [6.45, 7) is 0. The number of rotatable bonds is 2. The Bertz CT molecular complexity index is 689. The van der Waals surface area contributed by atoms with Crippen LogP contribution in [0.2, 0.25) is 0 Å². The molecule has 4 nitrogen and oxygen atoms in total. The van der Waals surface area contributed by atoms with Crippen molar-refractivity contribution in [3.05, 3.63) is 47.3 Å². The monoisotopic (exact) mass is 323 g/mol. The van der Waals surface area contributed by atoms with Gasteiger partial charge < -0.3 is 5.32 Å². The molecular weight excluding hydrogens is 316 g/mol. The first-order chi connectivity index (χ1) is 10.1. The molecule has 2 aromatic rings. The van der Waals surface area contributed by atoms with Crippen LogP contribution in [0.15, 0.2) is 30.5 Å². The zero-order valence-corrected chi connectivity index (χ0v) is 10.5. The normalized spacial score (nSPS) is 12.3. The van der Waals surface area contributed by atoms with Crippen LogP contribution in [0.3, 0.4) is 0 Å². The van der Waals surface area contributed by atoms with E-state index in [9.17, 15) is 31.1 Å². The van der Waals surface area contributed by atoms with Gasteiger partial charge in [-0.15, -0.1) is 0 Å². The molecule has 0 fully saturated rings. The molecule has 2 N–H and O–H groups in total. The molecule has 0 saturated heterocycles. The quantitative estimate of drug-likeness (QED) is 0.828. The SMILES string of the molecule is O=C(Nc1cccc(C(F)(F)F)c1)c1cn[nH]c1C(F)(F)F. The van der Waals surface area contributed by atoms with Gasteiger partial charge in [0.15, 0.2) is 5.69 Å². The fourth-order valence-corrected chi connectivity index (χ4v) is 1.65. The highest BCUT2D eigenvalue weighted by atomic mass is 19.4. The fourth-order valence-electron chi connectivity index (χ4n) is 1.65. The number of carbonyl (C=O) groups is 1. The zero-order valence-electron chi connectivity index (χ0n) is 10.5. The molecule has 0 aliphatic rings. The van der Waals surface area contributed by atoms with E-state index in [1.165, 1.54) is 0 Å². The maximum atomic E-state index is 12.6. The number of H-pyrrole nitrogens is 1. The van der Waals surface area contributed by atoms with Crippen LogP contribution in [-0.2, 0) is 12.4 Å². The van der Waals surface area contributed by atoms with Gasteiger partial charge in [0.1, 0.15) is 0 Å². The first kappa shape index (κ1) is 15.9. The fraction of sp³-hybridized carbons (Fsp3) is 0.167. The summed E-state index contributed by atoms with van der Waals surface area (Å²) >= 11 is 0. The van der Waals surface area contributed by atoms with E-state index >= 15 is 0 Å². The lowest BCUT2D eigenvalue weighted by Crippen LogP contribution is -2.18. The van der Waals surface area contributed by atoms with Crippen LogP contribution in [0.25, 0.3) is 0 Å². The van der Waals surface area contributed by atoms with Crippen molar-refractivity contribution in [1.82, 2.24) is 10.2 Å². The summed E-state index contributed by atoms with van der Waals surface area (Å²) in [5, 5.41) is 6.72. The third-order valence-electron chi connectivity index (χ3n) is 2.62. The smallest absolute Gasteiger partial charge is 0.322 e. The van der Waals surface area contributed by atoms with E-state index in [1.807, 2.05) is 5.32 Å². The Morgan fingerprint density at radius 1 is 1.09 bits per heavy atom. The first-order valence-corrected chi connectivity index (χ1v) is 5.68. The maximum Gasteiger partial charge on any atom is 0.433 e. The molecule has 1 amide bonds. The minimum Gasteiger partial charge on any atom is -0.322 e. The Hall–Kier alpha value is -2.52. The number of nitrogens with zero attached hydrogens (tertiary/aromatic N) is 1. The van der Waals surface area contributed by atoms with Crippen molar-refractivity contribution in [3.8, 4) is 0 Å². The highest BCUT2D eigenvalue weighted by Crippen LogP contribution is 2.32. The number of amides is 1. The number of hydrogen-bond acceptors (Lipinski definition) is 2. The summed E-state index contributed by atoms with van der Waals surface area (Å²) in [5.41, 5.74) is -3.51. The second-order valence-corrected chi connectivity index (χ2v) is 4.19. The molecule has 118 valence electrons. The summed E-state index contributed by atoms with van der Waals surface area (Å²) in [4.78, 5) is 11.8. The van der Waals surface area contributed by atoms with Crippen molar-refractivity contribution in [3.63, 3.8) is 0 Å². The first-order valence-electron chi connectivity index (χ1n) is 5.68. The molecule has 22 heavy (non-hydrogen) atoms. The van der Waals surface area contributed by atoms with Crippen LogP contribution < -0.4 is 5.32 Å². The number of carbonyl (C=O) groups excluding carboxylic acids is 1. The Morgan fingerprint density at radius 2 is 1.77 bits per heavy atom. The molecule has 1 aromatic carbocycles. The third-order valence-corrected chi connectivity index (χ3v) is 2.62. The van der Waals surface area contributed by atoms with Crippen LogP contribution >= 0.6 is 0 Å². The van der Waals surface area contributed by atoms with Crippen LogP contribution in [0, 0.1) is 0 Å². The van der Waals surface area contributed by atoms with E-state index < -0.39 is 35.1 Å². The Balaban J connectivity index is 2.25. The summed E-state index contributed by atoms with van der Waals surface area (Å²) in [5.74, 6) is -1.22. The van der Waals surface area contributed by atoms with Gasteiger partial charge >= 0.3 is 12.4 Å². The number of nitrogens with one attached hydrogen (secondary N) is 2. The second-order valence-electron chi connectivity index (χ2n) is 4.19. The number of benzene rings is 1.